The molecule has 5 heteroatoms. The number of benzene rings is 1. The zero-order valence-corrected chi connectivity index (χ0v) is 12.3. The van der Waals surface area contributed by atoms with E-state index in [1.54, 1.807) is 12.1 Å². The highest BCUT2D eigenvalue weighted by Crippen LogP contribution is 2.52. The van der Waals surface area contributed by atoms with Crippen LogP contribution in [0.5, 0.6) is 0 Å². The Labute approximate surface area is 124 Å². The van der Waals surface area contributed by atoms with Crippen LogP contribution in [0.1, 0.15) is 6.92 Å². The van der Waals surface area contributed by atoms with Gasteiger partial charge in [-0.3, -0.25) is 9.59 Å². The van der Waals surface area contributed by atoms with Gasteiger partial charge in [-0.1, -0.05) is 28.1 Å². The van der Waals surface area contributed by atoms with Gasteiger partial charge in [-0.2, -0.15) is 0 Å². The predicted octanol–water partition coefficient (Wildman–Crippen LogP) is 2.28. The number of amides is 2. The maximum Gasteiger partial charge on any atom is 0.241 e. The average molecular weight is 334 g/mol. The predicted molar refractivity (Wildman–Crippen MR) is 76.0 cm³/mol. The van der Waals surface area contributed by atoms with E-state index in [4.69, 9.17) is 4.74 Å². The molecule has 1 aromatic rings. The smallest absolute Gasteiger partial charge is 0.241 e. The highest BCUT2D eigenvalue weighted by Gasteiger charge is 2.65. The molecule has 2 amide bonds. The molecule has 4 atom stereocenters. The summed E-state index contributed by atoms with van der Waals surface area (Å²) in [6, 6.07) is 7.21. The number of rotatable bonds is 1. The minimum atomic E-state index is -0.633. The van der Waals surface area contributed by atoms with Crippen molar-refractivity contribution in [1.82, 2.24) is 0 Å². The Bertz CT molecular complexity index is 654. The normalized spacial score (nSPS) is 37.9. The molecule has 3 heterocycles. The van der Waals surface area contributed by atoms with Crippen LogP contribution in [-0.2, 0) is 14.3 Å². The Kier molecular flexibility index (Phi) is 2.34. The van der Waals surface area contributed by atoms with Crippen molar-refractivity contribution in [1.29, 1.82) is 0 Å². The number of ether oxygens (including phenoxy) is 1. The average Bonchev–Trinajstić information content (AvgIpc) is 3.01. The fourth-order valence-electron chi connectivity index (χ4n) is 3.50. The van der Waals surface area contributed by atoms with E-state index >= 15 is 0 Å². The molecule has 102 valence electrons. The van der Waals surface area contributed by atoms with E-state index in [-0.39, 0.29) is 23.8 Å². The van der Waals surface area contributed by atoms with Gasteiger partial charge in [0.25, 0.3) is 0 Å². The minimum absolute atomic E-state index is 0.152. The number of anilines is 1. The van der Waals surface area contributed by atoms with Gasteiger partial charge in [0.05, 0.1) is 29.2 Å². The fraction of sp³-hybridized carbons (Fsp3) is 0.333. The Morgan fingerprint density at radius 1 is 1.20 bits per heavy atom. The monoisotopic (exact) mass is 333 g/mol. The van der Waals surface area contributed by atoms with Crippen molar-refractivity contribution in [2.75, 3.05) is 4.90 Å². The summed E-state index contributed by atoms with van der Waals surface area (Å²) in [5.41, 5.74) is -0.00719. The summed E-state index contributed by atoms with van der Waals surface area (Å²) in [7, 11) is 0. The SMILES string of the molecule is C[C@@]12C=C[C@H](O1)[C@H]1C(=O)N(c3ccc(Br)cc3)C(=O)[C@@H]12. The molecule has 20 heavy (non-hydrogen) atoms. The molecule has 3 aliphatic heterocycles. The molecule has 2 fully saturated rings. The lowest BCUT2D eigenvalue weighted by Gasteiger charge is -2.24. The van der Waals surface area contributed by atoms with Crippen LogP contribution in [0.4, 0.5) is 5.69 Å². The molecule has 0 saturated carbocycles. The maximum absolute atomic E-state index is 12.7. The van der Waals surface area contributed by atoms with E-state index < -0.39 is 11.5 Å². The van der Waals surface area contributed by atoms with Crippen molar-refractivity contribution in [2.24, 2.45) is 11.8 Å². The van der Waals surface area contributed by atoms with E-state index in [0.29, 0.717) is 5.69 Å². The first-order valence-electron chi connectivity index (χ1n) is 6.52. The van der Waals surface area contributed by atoms with Crippen LogP contribution >= 0.6 is 15.9 Å². The fourth-order valence-corrected chi connectivity index (χ4v) is 3.76. The van der Waals surface area contributed by atoms with Gasteiger partial charge in [0.2, 0.25) is 11.8 Å². The molecule has 0 N–H and O–H groups in total. The Hall–Kier alpha value is -1.46. The molecule has 0 aromatic heterocycles. The molecule has 3 aliphatic rings. The highest BCUT2D eigenvalue weighted by atomic mass is 79.9. The number of hydrogen-bond acceptors (Lipinski definition) is 3. The van der Waals surface area contributed by atoms with Crippen LogP contribution in [0, 0.1) is 11.8 Å². The molecule has 4 rings (SSSR count). The zero-order chi connectivity index (χ0) is 14.1. The van der Waals surface area contributed by atoms with Crippen LogP contribution in [0.25, 0.3) is 0 Å². The van der Waals surface area contributed by atoms with Crippen molar-refractivity contribution in [3.05, 3.63) is 40.9 Å². The summed E-state index contributed by atoms with van der Waals surface area (Å²) < 4.78 is 6.70. The van der Waals surface area contributed by atoms with E-state index in [1.165, 1.54) is 4.90 Å². The molecular formula is C15H12BrNO3. The minimum Gasteiger partial charge on any atom is -0.362 e. The van der Waals surface area contributed by atoms with Gasteiger partial charge in [-0.05, 0) is 31.2 Å². The second kappa shape index (κ2) is 3.80. The number of hydrogen-bond donors (Lipinski definition) is 0. The standard InChI is InChI=1S/C15H12BrNO3/c1-15-7-6-10(20-15)11-12(15)14(19)17(13(11)18)9-4-2-8(16)3-5-9/h2-7,10-12H,1H3/t10-,11+,12+,15-/m0/s1. The first-order valence-corrected chi connectivity index (χ1v) is 7.31. The Morgan fingerprint density at radius 3 is 2.55 bits per heavy atom. The van der Waals surface area contributed by atoms with E-state index in [1.807, 2.05) is 31.2 Å². The van der Waals surface area contributed by atoms with E-state index in [2.05, 4.69) is 15.9 Å². The van der Waals surface area contributed by atoms with E-state index in [0.717, 1.165) is 4.47 Å². The van der Waals surface area contributed by atoms with Crippen molar-refractivity contribution in [2.45, 2.75) is 18.6 Å². The molecule has 0 aliphatic carbocycles. The largest absolute Gasteiger partial charge is 0.362 e. The summed E-state index contributed by atoms with van der Waals surface area (Å²) in [6.07, 6.45) is 3.55. The second-order valence-electron chi connectivity index (χ2n) is 5.62. The molecule has 0 spiro atoms. The van der Waals surface area contributed by atoms with Gasteiger partial charge in [0.15, 0.2) is 0 Å². The summed E-state index contributed by atoms with van der Waals surface area (Å²) in [5, 5.41) is 0. The quantitative estimate of drug-likeness (QED) is 0.585. The van der Waals surface area contributed by atoms with Gasteiger partial charge in [-0.15, -0.1) is 0 Å². The highest BCUT2D eigenvalue weighted by molar-refractivity contribution is 9.10. The maximum atomic E-state index is 12.7. The van der Waals surface area contributed by atoms with Gasteiger partial charge in [0, 0.05) is 4.47 Å². The molecular weight excluding hydrogens is 322 g/mol. The third-order valence-corrected chi connectivity index (χ3v) is 4.94. The summed E-state index contributed by atoms with van der Waals surface area (Å²) in [5.74, 6) is -1.08. The number of fused-ring (bicyclic) bond motifs is 5. The molecule has 0 unspecified atom stereocenters. The summed E-state index contributed by atoms with van der Waals surface area (Å²) in [6.45, 7) is 1.88. The lowest BCUT2D eigenvalue weighted by atomic mass is 9.78. The first-order chi connectivity index (χ1) is 9.51. The Morgan fingerprint density at radius 2 is 1.90 bits per heavy atom. The third-order valence-electron chi connectivity index (χ3n) is 4.41. The van der Waals surface area contributed by atoms with E-state index in [9.17, 15) is 9.59 Å². The van der Waals surface area contributed by atoms with Gasteiger partial charge in [0.1, 0.15) is 0 Å². The van der Waals surface area contributed by atoms with Crippen molar-refractivity contribution < 1.29 is 14.3 Å². The van der Waals surface area contributed by atoms with Crippen LogP contribution in [0.3, 0.4) is 0 Å². The third kappa shape index (κ3) is 1.39. The van der Waals surface area contributed by atoms with Gasteiger partial charge in [-0.25, -0.2) is 4.90 Å². The molecule has 2 bridgehead atoms. The second-order valence-corrected chi connectivity index (χ2v) is 6.53. The van der Waals surface area contributed by atoms with Gasteiger partial charge >= 0.3 is 0 Å². The number of imide groups is 1. The molecule has 4 nitrogen and oxygen atoms in total. The lowest BCUT2D eigenvalue weighted by Crippen LogP contribution is -2.38. The molecule has 2 saturated heterocycles. The zero-order valence-electron chi connectivity index (χ0n) is 10.7. The van der Waals surface area contributed by atoms with Crippen molar-refractivity contribution in [3.8, 4) is 0 Å². The number of halogens is 1. The molecule has 0 radical (unpaired) electrons. The first kappa shape index (κ1) is 12.3. The summed E-state index contributed by atoms with van der Waals surface area (Å²) in [4.78, 5) is 26.6. The lowest BCUT2D eigenvalue weighted by molar-refractivity contribution is -0.126. The molecule has 1 aromatic carbocycles. The van der Waals surface area contributed by atoms with Crippen molar-refractivity contribution in [3.63, 3.8) is 0 Å². The number of carbonyl (C=O) groups is 2. The van der Waals surface area contributed by atoms with Crippen LogP contribution < -0.4 is 4.90 Å². The van der Waals surface area contributed by atoms with Crippen LogP contribution in [0.15, 0.2) is 40.9 Å². The summed E-state index contributed by atoms with van der Waals surface area (Å²) >= 11 is 3.35. The number of nitrogens with zero attached hydrogens (tertiary/aromatic N) is 1. The topological polar surface area (TPSA) is 46.6 Å². The van der Waals surface area contributed by atoms with Crippen molar-refractivity contribution >= 4 is 33.4 Å². The van der Waals surface area contributed by atoms with Crippen LogP contribution in [0.2, 0.25) is 0 Å². The Balaban J connectivity index is 1.77. The number of carbonyl (C=O) groups excluding carboxylic acids is 2. The van der Waals surface area contributed by atoms with Crippen LogP contribution in [-0.4, -0.2) is 23.5 Å². The van der Waals surface area contributed by atoms with Gasteiger partial charge < -0.3 is 4.74 Å².